The standard InChI is InChI=1S/C12H14FNO/c1-2-7-14-9-12(15)8-10-3-5-11(13)6-4-10/h2-6,14H,1,7-9H2. The molecular weight excluding hydrogens is 193 g/mol. The van der Waals surface area contributed by atoms with Crippen LogP contribution in [0.4, 0.5) is 4.39 Å². The van der Waals surface area contributed by atoms with E-state index >= 15 is 0 Å². The lowest BCUT2D eigenvalue weighted by Crippen LogP contribution is -2.24. The predicted octanol–water partition coefficient (Wildman–Crippen LogP) is 1.71. The summed E-state index contributed by atoms with van der Waals surface area (Å²) in [5.41, 5.74) is 0.835. The highest BCUT2D eigenvalue weighted by atomic mass is 19.1. The van der Waals surface area contributed by atoms with Gasteiger partial charge in [-0.2, -0.15) is 0 Å². The van der Waals surface area contributed by atoms with Gasteiger partial charge in [0.25, 0.3) is 0 Å². The van der Waals surface area contributed by atoms with Crippen LogP contribution in [0.1, 0.15) is 5.56 Å². The Bertz CT molecular complexity index is 332. The molecule has 1 aromatic carbocycles. The molecule has 0 fully saturated rings. The highest BCUT2D eigenvalue weighted by Gasteiger charge is 2.02. The highest BCUT2D eigenvalue weighted by Crippen LogP contribution is 2.03. The maximum atomic E-state index is 12.6. The van der Waals surface area contributed by atoms with Crippen molar-refractivity contribution in [2.24, 2.45) is 0 Å². The molecule has 0 aliphatic carbocycles. The van der Waals surface area contributed by atoms with Gasteiger partial charge >= 0.3 is 0 Å². The van der Waals surface area contributed by atoms with Gasteiger partial charge in [0.1, 0.15) is 5.82 Å². The van der Waals surface area contributed by atoms with Gasteiger partial charge in [-0.05, 0) is 17.7 Å². The van der Waals surface area contributed by atoms with Gasteiger partial charge in [0.05, 0.1) is 6.54 Å². The Hall–Kier alpha value is -1.48. The number of benzene rings is 1. The lowest BCUT2D eigenvalue weighted by molar-refractivity contribution is -0.117. The molecule has 0 bridgehead atoms. The Balaban J connectivity index is 2.37. The molecule has 0 atom stereocenters. The van der Waals surface area contributed by atoms with Crippen LogP contribution in [0.25, 0.3) is 0 Å². The maximum Gasteiger partial charge on any atom is 0.150 e. The molecule has 0 radical (unpaired) electrons. The van der Waals surface area contributed by atoms with Crippen molar-refractivity contribution in [3.05, 3.63) is 48.3 Å². The molecule has 0 aromatic heterocycles. The van der Waals surface area contributed by atoms with Crippen LogP contribution in [0.2, 0.25) is 0 Å². The molecule has 15 heavy (non-hydrogen) atoms. The van der Waals surface area contributed by atoms with Crippen molar-refractivity contribution in [2.45, 2.75) is 6.42 Å². The summed E-state index contributed by atoms with van der Waals surface area (Å²) in [5, 5.41) is 2.92. The number of hydrogen-bond donors (Lipinski definition) is 1. The van der Waals surface area contributed by atoms with E-state index in [1.54, 1.807) is 18.2 Å². The number of Topliss-reactive ketones (excluding diaryl/α,β-unsaturated/α-hetero) is 1. The minimum Gasteiger partial charge on any atom is -0.307 e. The van der Waals surface area contributed by atoms with Crippen LogP contribution in [-0.2, 0) is 11.2 Å². The van der Waals surface area contributed by atoms with Crippen LogP contribution in [0.5, 0.6) is 0 Å². The fourth-order valence-electron chi connectivity index (χ4n) is 1.21. The molecule has 0 saturated carbocycles. The minimum atomic E-state index is -0.281. The van der Waals surface area contributed by atoms with E-state index in [0.717, 1.165) is 5.56 Å². The summed E-state index contributed by atoms with van der Waals surface area (Å²) in [4.78, 5) is 11.4. The van der Waals surface area contributed by atoms with E-state index in [9.17, 15) is 9.18 Å². The topological polar surface area (TPSA) is 29.1 Å². The third-order valence-corrected chi connectivity index (χ3v) is 1.93. The molecular formula is C12H14FNO. The SMILES string of the molecule is C=CCNCC(=O)Cc1ccc(F)cc1. The van der Waals surface area contributed by atoms with Crippen LogP contribution >= 0.6 is 0 Å². The van der Waals surface area contributed by atoms with Crippen LogP contribution in [0, 0.1) is 5.82 Å². The van der Waals surface area contributed by atoms with Gasteiger partial charge in [-0.15, -0.1) is 6.58 Å². The molecule has 0 saturated heterocycles. The molecule has 3 heteroatoms. The van der Waals surface area contributed by atoms with Gasteiger partial charge in [-0.25, -0.2) is 4.39 Å². The van der Waals surface area contributed by atoms with Crippen molar-refractivity contribution in [2.75, 3.05) is 13.1 Å². The first-order valence-corrected chi connectivity index (χ1v) is 4.80. The molecule has 0 aliphatic rings. The van der Waals surface area contributed by atoms with Gasteiger partial charge in [0.15, 0.2) is 5.78 Å². The number of ketones is 1. The molecule has 1 N–H and O–H groups in total. The Kier molecular flexibility index (Phi) is 4.71. The summed E-state index contributed by atoms with van der Waals surface area (Å²) < 4.78 is 12.6. The van der Waals surface area contributed by atoms with Gasteiger partial charge in [0, 0.05) is 13.0 Å². The zero-order valence-electron chi connectivity index (χ0n) is 8.50. The third-order valence-electron chi connectivity index (χ3n) is 1.93. The summed E-state index contributed by atoms with van der Waals surface area (Å²) in [6.45, 7) is 4.48. The Morgan fingerprint density at radius 3 is 2.67 bits per heavy atom. The van der Waals surface area contributed by atoms with Crippen LogP contribution in [0.15, 0.2) is 36.9 Å². The van der Waals surface area contributed by atoms with Crippen molar-refractivity contribution < 1.29 is 9.18 Å². The average Bonchev–Trinajstić information content (AvgIpc) is 2.22. The van der Waals surface area contributed by atoms with E-state index in [4.69, 9.17) is 0 Å². The molecule has 2 nitrogen and oxygen atoms in total. The van der Waals surface area contributed by atoms with E-state index in [1.807, 2.05) is 0 Å². The highest BCUT2D eigenvalue weighted by molar-refractivity contribution is 5.82. The summed E-state index contributed by atoms with van der Waals surface area (Å²) >= 11 is 0. The summed E-state index contributed by atoms with van der Waals surface area (Å²) in [6.07, 6.45) is 2.04. The smallest absolute Gasteiger partial charge is 0.150 e. The van der Waals surface area contributed by atoms with Crippen molar-refractivity contribution in [3.8, 4) is 0 Å². The van der Waals surface area contributed by atoms with E-state index < -0.39 is 0 Å². The molecule has 0 heterocycles. The molecule has 0 amide bonds. The lowest BCUT2D eigenvalue weighted by Gasteiger charge is -2.01. The predicted molar refractivity (Wildman–Crippen MR) is 58.2 cm³/mol. The Labute approximate surface area is 88.8 Å². The van der Waals surface area contributed by atoms with Crippen molar-refractivity contribution in [1.82, 2.24) is 5.32 Å². The van der Waals surface area contributed by atoms with Gasteiger partial charge in [-0.3, -0.25) is 4.79 Å². The van der Waals surface area contributed by atoms with Crippen molar-refractivity contribution in [1.29, 1.82) is 0 Å². The maximum absolute atomic E-state index is 12.6. The fraction of sp³-hybridized carbons (Fsp3) is 0.250. The first-order valence-electron chi connectivity index (χ1n) is 4.80. The second-order valence-corrected chi connectivity index (χ2v) is 3.26. The zero-order chi connectivity index (χ0) is 11.1. The second kappa shape index (κ2) is 6.09. The third kappa shape index (κ3) is 4.51. The number of carbonyl (C=O) groups excluding carboxylic acids is 1. The number of carbonyl (C=O) groups is 1. The van der Waals surface area contributed by atoms with Gasteiger partial charge in [-0.1, -0.05) is 18.2 Å². The quantitative estimate of drug-likeness (QED) is 0.568. The van der Waals surface area contributed by atoms with Gasteiger partial charge < -0.3 is 5.32 Å². The van der Waals surface area contributed by atoms with E-state index in [-0.39, 0.29) is 11.6 Å². The normalized spacial score (nSPS) is 9.93. The number of rotatable bonds is 6. The van der Waals surface area contributed by atoms with Crippen LogP contribution in [-0.4, -0.2) is 18.9 Å². The van der Waals surface area contributed by atoms with Gasteiger partial charge in [0.2, 0.25) is 0 Å². The number of halogens is 1. The zero-order valence-corrected chi connectivity index (χ0v) is 8.50. The molecule has 1 aromatic rings. The fourth-order valence-corrected chi connectivity index (χ4v) is 1.21. The first kappa shape index (κ1) is 11.6. The van der Waals surface area contributed by atoms with E-state index in [2.05, 4.69) is 11.9 Å². The molecule has 0 spiro atoms. The average molecular weight is 207 g/mol. The Morgan fingerprint density at radius 1 is 1.40 bits per heavy atom. The van der Waals surface area contributed by atoms with Crippen LogP contribution in [0.3, 0.4) is 0 Å². The Morgan fingerprint density at radius 2 is 2.07 bits per heavy atom. The molecule has 0 aliphatic heterocycles. The number of hydrogen-bond acceptors (Lipinski definition) is 2. The van der Waals surface area contributed by atoms with Crippen molar-refractivity contribution >= 4 is 5.78 Å². The van der Waals surface area contributed by atoms with Crippen LogP contribution < -0.4 is 5.32 Å². The first-order chi connectivity index (χ1) is 7.22. The van der Waals surface area contributed by atoms with E-state index in [1.165, 1.54) is 12.1 Å². The monoisotopic (exact) mass is 207 g/mol. The van der Waals surface area contributed by atoms with Crippen molar-refractivity contribution in [3.63, 3.8) is 0 Å². The molecule has 80 valence electrons. The molecule has 1 rings (SSSR count). The second-order valence-electron chi connectivity index (χ2n) is 3.26. The number of nitrogens with one attached hydrogen (secondary N) is 1. The minimum absolute atomic E-state index is 0.0865. The summed E-state index contributed by atoms with van der Waals surface area (Å²) in [5.74, 6) is -0.195. The van der Waals surface area contributed by atoms with E-state index in [0.29, 0.717) is 19.5 Å². The summed E-state index contributed by atoms with van der Waals surface area (Å²) in [6, 6.07) is 5.97. The summed E-state index contributed by atoms with van der Waals surface area (Å²) in [7, 11) is 0. The largest absolute Gasteiger partial charge is 0.307 e. The molecule has 0 unspecified atom stereocenters. The lowest BCUT2D eigenvalue weighted by atomic mass is 10.1.